The predicted molar refractivity (Wildman–Crippen MR) is 38.2 cm³/mol. The van der Waals surface area contributed by atoms with E-state index in [2.05, 4.69) is 0 Å². The van der Waals surface area contributed by atoms with Crippen LogP contribution in [-0.4, -0.2) is 52.2 Å². The zero-order valence-electron chi connectivity index (χ0n) is 6.96. The quantitative estimate of drug-likeness (QED) is 0.349. The second-order valence-electron chi connectivity index (χ2n) is 3.21. The van der Waals surface area contributed by atoms with Gasteiger partial charge in [-0.2, -0.15) is 0 Å². The first kappa shape index (κ1) is 10.4. The van der Waals surface area contributed by atoms with Gasteiger partial charge in [-0.15, -0.1) is 0 Å². The molecule has 5 N–H and O–H groups in total. The van der Waals surface area contributed by atoms with Gasteiger partial charge in [-0.3, -0.25) is 0 Å². The number of carbonyl (C=O) groups excluding carboxylic acids is 1. The molecule has 13 heavy (non-hydrogen) atoms. The SMILES string of the molecule is O=C([O-])C(O)C1[NH2+]CC[C@@H](O)[C@@H]1O. The van der Waals surface area contributed by atoms with Crippen molar-refractivity contribution in [2.45, 2.75) is 30.8 Å². The van der Waals surface area contributed by atoms with Crippen LogP contribution in [0.1, 0.15) is 6.42 Å². The van der Waals surface area contributed by atoms with Crippen LogP contribution in [0.2, 0.25) is 0 Å². The number of piperidine rings is 1. The molecule has 0 bridgehead atoms. The third-order valence-electron chi connectivity index (χ3n) is 2.30. The number of aliphatic hydroxyl groups excluding tert-OH is 3. The van der Waals surface area contributed by atoms with Crippen molar-refractivity contribution in [3.8, 4) is 0 Å². The lowest BCUT2D eigenvalue weighted by Gasteiger charge is -2.32. The first-order valence-corrected chi connectivity index (χ1v) is 4.12. The zero-order chi connectivity index (χ0) is 10.0. The number of carboxylic acid groups (broad SMARTS) is 1. The Morgan fingerprint density at radius 2 is 2.15 bits per heavy atom. The lowest BCUT2D eigenvalue weighted by atomic mass is 9.94. The molecule has 1 aliphatic heterocycles. The van der Waals surface area contributed by atoms with Gasteiger partial charge < -0.3 is 30.5 Å². The molecule has 6 heteroatoms. The van der Waals surface area contributed by atoms with Gasteiger partial charge in [-0.1, -0.05) is 0 Å². The summed E-state index contributed by atoms with van der Waals surface area (Å²) < 4.78 is 0. The van der Waals surface area contributed by atoms with E-state index in [4.69, 9.17) is 5.11 Å². The minimum Gasteiger partial charge on any atom is -0.547 e. The molecule has 6 nitrogen and oxygen atoms in total. The van der Waals surface area contributed by atoms with E-state index in [0.717, 1.165) is 0 Å². The highest BCUT2D eigenvalue weighted by Gasteiger charge is 2.38. The summed E-state index contributed by atoms with van der Waals surface area (Å²) in [6, 6.07) is -0.936. The summed E-state index contributed by atoms with van der Waals surface area (Å²) in [5.74, 6) is -1.63. The number of quaternary nitrogens is 1. The number of carbonyl (C=O) groups is 1. The van der Waals surface area contributed by atoms with E-state index in [1.54, 1.807) is 0 Å². The summed E-state index contributed by atoms with van der Waals surface area (Å²) in [5, 5.41) is 39.4. The van der Waals surface area contributed by atoms with Crippen molar-refractivity contribution in [2.24, 2.45) is 0 Å². The van der Waals surface area contributed by atoms with Crippen molar-refractivity contribution in [2.75, 3.05) is 6.54 Å². The molecule has 1 rings (SSSR count). The molecule has 76 valence electrons. The number of carboxylic acids is 1. The van der Waals surface area contributed by atoms with Crippen molar-refractivity contribution < 1.29 is 30.5 Å². The van der Waals surface area contributed by atoms with Crippen LogP contribution in [0.15, 0.2) is 0 Å². The monoisotopic (exact) mass is 191 g/mol. The van der Waals surface area contributed by atoms with Crippen molar-refractivity contribution >= 4 is 5.97 Å². The maximum absolute atomic E-state index is 10.3. The van der Waals surface area contributed by atoms with Crippen LogP contribution in [0.25, 0.3) is 0 Å². The van der Waals surface area contributed by atoms with Crippen LogP contribution in [0.5, 0.6) is 0 Å². The second-order valence-corrected chi connectivity index (χ2v) is 3.21. The molecule has 0 aromatic carbocycles. The number of hydrogen-bond acceptors (Lipinski definition) is 5. The summed E-state index contributed by atoms with van der Waals surface area (Å²) in [4.78, 5) is 10.3. The third-order valence-corrected chi connectivity index (χ3v) is 2.30. The van der Waals surface area contributed by atoms with Crippen molar-refractivity contribution in [3.05, 3.63) is 0 Å². The van der Waals surface area contributed by atoms with Gasteiger partial charge in [0.2, 0.25) is 0 Å². The molecule has 1 fully saturated rings. The first-order valence-electron chi connectivity index (χ1n) is 4.12. The Labute approximate surface area is 74.8 Å². The van der Waals surface area contributed by atoms with E-state index in [0.29, 0.717) is 13.0 Å². The number of hydrogen-bond donors (Lipinski definition) is 4. The second kappa shape index (κ2) is 4.01. The molecule has 0 saturated carbocycles. The van der Waals surface area contributed by atoms with Crippen LogP contribution < -0.4 is 10.4 Å². The largest absolute Gasteiger partial charge is 0.547 e. The predicted octanol–water partition coefficient (Wildman–Crippen LogP) is -4.85. The summed E-state index contributed by atoms with van der Waals surface area (Å²) in [5.41, 5.74) is 0. The van der Waals surface area contributed by atoms with Gasteiger partial charge >= 0.3 is 0 Å². The van der Waals surface area contributed by atoms with E-state index < -0.39 is 30.3 Å². The van der Waals surface area contributed by atoms with E-state index in [9.17, 15) is 20.1 Å². The van der Waals surface area contributed by atoms with Gasteiger partial charge in [0.05, 0.1) is 18.6 Å². The summed E-state index contributed by atoms with van der Waals surface area (Å²) >= 11 is 0. The van der Waals surface area contributed by atoms with Gasteiger partial charge in [-0.05, 0) is 0 Å². The Bertz CT molecular complexity index is 197. The van der Waals surface area contributed by atoms with Crippen LogP contribution in [0, 0.1) is 0 Å². The molecule has 1 saturated heterocycles. The maximum atomic E-state index is 10.3. The standard InChI is InChI=1S/C7H13NO5/c9-3-1-2-8-4(5(3)10)6(11)7(12)13/h3-6,8-11H,1-2H2,(H,12,13)/t3-,4?,5+,6?/m1/s1. The number of nitrogens with two attached hydrogens (primary N) is 1. The topological polar surface area (TPSA) is 117 Å². The lowest BCUT2D eigenvalue weighted by molar-refractivity contribution is -0.714. The number of aliphatic hydroxyl groups is 3. The highest BCUT2D eigenvalue weighted by molar-refractivity contribution is 5.70. The average Bonchev–Trinajstić information content (AvgIpc) is 2.08. The average molecular weight is 191 g/mol. The molecular formula is C7H13NO5. The smallest absolute Gasteiger partial charge is 0.147 e. The minimum absolute atomic E-state index is 0.386. The Hall–Kier alpha value is -0.690. The Kier molecular flexibility index (Phi) is 3.21. The highest BCUT2D eigenvalue weighted by atomic mass is 16.4. The van der Waals surface area contributed by atoms with E-state index in [-0.39, 0.29) is 0 Å². The van der Waals surface area contributed by atoms with E-state index in [1.807, 2.05) is 0 Å². The van der Waals surface area contributed by atoms with Crippen molar-refractivity contribution in [1.29, 1.82) is 0 Å². The first-order chi connectivity index (χ1) is 6.04. The van der Waals surface area contributed by atoms with Crippen LogP contribution >= 0.6 is 0 Å². The van der Waals surface area contributed by atoms with E-state index in [1.165, 1.54) is 5.32 Å². The van der Waals surface area contributed by atoms with Gasteiger partial charge in [0, 0.05) is 6.42 Å². The normalized spacial score (nSPS) is 37.0. The molecule has 0 radical (unpaired) electrons. The van der Waals surface area contributed by atoms with Gasteiger partial charge in [0.15, 0.2) is 0 Å². The van der Waals surface area contributed by atoms with Crippen molar-refractivity contribution in [1.82, 2.24) is 0 Å². The minimum atomic E-state index is -1.75. The molecule has 2 unspecified atom stereocenters. The fourth-order valence-corrected chi connectivity index (χ4v) is 1.50. The number of aliphatic carboxylic acids is 1. The van der Waals surface area contributed by atoms with Crippen LogP contribution in [-0.2, 0) is 4.79 Å². The summed E-state index contributed by atoms with van der Waals surface area (Å²) in [6.07, 6.45) is -3.55. The lowest BCUT2D eigenvalue weighted by Crippen LogP contribution is -2.98. The maximum Gasteiger partial charge on any atom is 0.147 e. The van der Waals surface area contributed by atoms with Crippen LogP contribution in [0.4, 0.5) is 0 Å². The van der Waals surface area contributed by atoms with Gasteiger partial charge in [0.25, 0.3) is 0 Å². The zero-order valence-corrected chi connectivity index (χ0v) is 6.96. The van der Waals surface area contributed by atoms with E-state index >= 15 is 0 Å². The molecule has 1 aliphatic rings. The Morgan fingerprint density at radius 3 is 2.69 bits per heavy atom. The highest BCUT2D eigenvalue weighted by Crippen LogP contribution is 2.07. The fraction of sp³-hybridized carbons (Fsp3) is 0.857. The third kappa shape index (κ3) is 2.16. The molecule has 0 spiro atoms. The number of rotatable bonds is 2. The molecule has 1 heterocycles. The Morgan fingerprint density at radius 1 is 1.54 bits per heavy atom. The molecule has 0 amide bonds. The molecule has 0 aromatic rings. The summed E-state index contributed by atoms with van der Waals surface area (Å²) in [7, 11) is 0. The molecule has 0 aromatic heterocycles. The molecular weight excluding hydrogens is 178 g/mol. The fourth-order valence-electron chi connectivity index (χ4n) is 1.50. The molecule has 4 atom stereocenters. The summed E-state index contributed by atoms with van der Waals surface area (Å²) in [6.45, 7) is 0.479. The van der Waals surface area contributed by atoms with Gasteiger partial charge in [0.1, 0.15) is 18.2 Å². The van der Waals surface area contributed by atoms with Crippen LogP contribution in [0.3, 0.4) is 0 Å². The van der Waals surface area contributed by atoms with Gasteiger partial charge in [-0.25, -0.2) is 0 Å². The molecule has 0 aliphatic carbocycles. The Balaban J connectivity index is 2.62. The van der Waals surface area contributed by atoms with Crippen molar-refractivity contribution in [3.63, 3.8) is 0 Å².